The van der Waals surface area contributed by atoms with Gasteiger partial charge < -0.3 is 4.90 Å². The molecule has 3 fully saturated rings. The number of ketones is 1. The first kappa shape index (κ1) is 29.5. The van der Waals surface area contributed by atoms with Gasteiger partial charge in [-0.3, -0.25) is 24.5 Å². The van der Waals surface area contributed by atoms with E-state index in [9.17, 15) is 18.5 Å². The number of nitrogens with zero attached hydrogens (tertiary/aromatic N) is 6. The Morgan fingerprint density at radius 2 is 1.48 bits per heavy atom. The maximum Gasteiger partial charge on any atom is 0.263 e. The van der Waals surface area contributed by atoms with Gasteiger partial charge in [-0.1, -0.05) is 30.3 Å². The molecule has 0 radical (unpaired) electrons. The van der Waals surface area contributed by atoms with E-state index in [1.807, 2.05) is 23.1 Å². The summed E-state index contributed by atoms with van der Waals surface area (Å²) in [4.78, 5) is 40.6. The van der Waals surface area contributed by atoms with Gasteiger partial charge in [-0.25, -0.2) is 12.7 Å². The second-order valence-corrected chi connectivity index (χ2v) is 13.8. The van der Waals surface area contributed by atoms with Crippen LogP contribution < -0.4 is 0 Å². The fourth-order valence-corrected chi connectivity index (χ4v) is 8.64. The number of nitriles is 1. The first-order chi connectivity index (χ1) is 22.3. The third-order valence-corrected chi connectivity index (χ3v) is 11.2. The van der Waals surface area contributed by atoms with Crippen LogP contribution in [0.4, 0.5) is 0 Å². The third-order valence-electron chi connectivity index (χ3n) is 9.38. The number of allylic oxidation sites excluding steroid dienone is 1. The Morgan fingerprint density at radius 1 is 0.913 bits per heavy atom. The van der Waals surface area contributed by atoms with Gasteiger partial charge in [-0.15, -0.1) is 0 Å². The SMILES string of the molecule is CN1C(=CC(=O)c2ccc(C#N)cc2)N(C2[C@H]3CN(S(=O)(=O)Cc4ccccc4)C[C@@H]23)C(=O)C1(c1ccncc1)c1ccncc1. The van der Waals surface area contributed by atoms with Crippen LogP contribution >= 0.6 is 0 Å². The lowest BCUT2D eigenvalue weighted by atomic mass is 9.82. The summed E-state index contributed by atoms with van der Waals surface area (Å²) in [5.41, 5.74) is 1.58. The molecule has 3 atom stereocenters. The van der Waals surface area contributed by atoms with Crippen molar-refractivity contribution in [3.05, 3.63) is 143 Å². The molecule has 11 heteroatoms. The van der Waals surface area contributed by atoms with Crippen LogP contribution in [0.1, 0.15) is 32.6 Å². The number of pyridine rings is 2. The Morgan fingerprint density at radius 3 is 2.02 bits per heavy atom. The van der Waals surface area contributed by atoms with E-state index in [0.717, 1.165) is 5.56 Å². The van der Waals surface area contributed by atoms with E-state index in [0.29, 0.717) is 41.2 Å². The van der Waals surface area contributed by atoms with Gasteiger partial charge in [0, 0.05) is 74.4 Å². The number of aromatic nitrogens is 2. The van der Waals surface area contributed by atoms with Crippen LogP contribution in [0.2, 0.25) is 0 Å². The molecule has 2 saturated heterocycles. The van der Waals surface area contributed by atoms with Gasteiger partial charge in [0.05, 0.1) is 17.4 Å². The summed E-state index contributed by atoms with van der Waals surface area (Å²) in [6, 6.07) is 24.4. The summed E-state index contributed by atoms with van der Waals surface area (Å²) in [5.74, 6) is -0.373. The highest BCUT2D eigenvalue weighted by Gasteiger charge is 2.67. The second kappa shape index (κ2) is 11.3. The molecule has 7 rings (SSSR count). The van der Waals surface area contributed by atoms with Gasteiger partial charge in [0.1, 0.15) is 5.82 Å². The molecule has 1 saturated carbocycles. The maximum atomic E-state index is 15.0. The topological polar surface area (TPSA) is 128 Å². The zero-order chi connectivity index (χ0) is 32.1. The van der Waals surface area contributed by atoms with E-state index in [2.05, 4.69) is 16.0 Å². The maximum absolute atomic E-state index is 15.0. The molecule has 0 N–H and O–H groups in total. The molecular formula is C35H30N6O4S. The highest BCUT2D eigenvalue weighted by molar-refractivity contribution is 7.88. The average molecular weight is 631 g/mol. The second-order valence-electron chi connectivity index (χ2n) is 11.8. The van der Waals surface area contributed by atoms with Gasteiger partial charge in [0.25, 0.3) is 5.91 Å². The minimum absolute atomic E-state index is 0.0815. The molecule has 230 valence electrons. The van der Waals surface area contributed by atoms with Gasteiger partial charge in [0.15, 0.2) is 11.3 Å². The molecule has 46 heavy (non-hydrogen) atoms. The van der Waals surface area contributed by atoms with Gasteiger partial charge in [-0.05, 0) is 65.2 Å². The quantitative estimate of drug-likeness (QED) is 0.214. The molecule has 4 heterocycles. The molecule has 2 aromatic heterocycles. The number of fused-ring (bicyclic) bond motifs is 1. The molecule has 3 aliphatic rings. The lowest BCUT2D eigenvalue weighted by molar-refractivity contribution is -0.132. The number of carbonyl (C=O) groups excluding carboxylic acids is 2. The molecule has 2 aliphatic heterocycles. The lowest BCUT2D eigenvalue weighted by Crippen LogP contribution is -2.46. The first-order valence-corrected chi connectivity index (χ1v) is 16.5. The predicted octanol–water partition coefficient (Wildman–Crippen LogP) is 3.55. The minimum atomic E-state index is -3.56. The van der Waals surface area contributed by atoms with Crippen LogP contribution in [-0.4, -0.2) is 70.4 Å². The number of rotatable bonds is 8. The summed E-state index contributed by atoms with van der Waals surface area (Å²) in [6.07, 6.45) is 8.01. The zero-order valence-electron chi connectivity index (χ0n) is 25.0. The molecule has 1 aliphatic carbocycles. The number of benzene rings is 2. The Labute approximate surface area is 267 Å². The van der Waals surface area contributed by atoms with Crippen LogP contribution in [0.5, 0.6) is 0 Å². The highest BCUT2D eigenvalue weighted by Crippen LogP contribution is 2.56. The van der Waals surface area contributed by atoms with Crippen LogP contribution in [0, 0.1) is 23.2 Å². The largest absolute Gasteiger partial charge is 0.339 e. The van der Waals surface area contributed by atoms with Crippen molar-refractivity contribution in [3.63, 3.8) is 0 Å². The number of likely N-dealkylation sites (N-methyl/N-ethyl adjacent to an activating group) is 1. The van der Waals surface area contributed by atoms with E-state index in [1.54, 1.807) is 97.4 Å². The Kier molecular flexibility index (Phi) is 7.26. The van der Waals surface area contributed by atoms with Crippen LogP contribution in [-0.2, 0) is 26.1 Å². The van der Waals surface area contributed by atoms with Crippen molar-refractivity contribution in [2.24, 2.45) is 11.8 Å². The van der Waals surface area contributed by atoms with Crippen molar-refractivity contribution in [2.45, 2.75) is 17.3 Å². The van der Waals surface area contributed by atoms with Crippen LogP contribution in [0.3, 0.4) is 0 Å². The zero-order valence-corrected chi connectivity index (χ0v) is 25.8. The van der Waals surface area contributed by atoms with E-state index in [1.165, 1.54) is 10.4 Å². The van der Waals surface area contributed by atoms with E-state index in [4.69, 9.17) is 0 Å². The Hall–Kier alpha value is -5.18. The molecule has 4 aromatic rings. The number of carbonyl (C=O) groups is 2. The molecule has 0 spiro atoms. The van der Waals surface area contributed by atoms with Gasteiger partial charge >= 0.3 is 0 Å². The molecular weight excluding hydrogens is 600 g/mol. The molecule has 1 amide bonds. The number of hydrogen-bond donors (Lipinski definition) is 0. The predicted molar refractivity (Wildman–Crippen MR) is 169 cm³/mol. The minimum Gasteiger partial charge on any atom is -0.339 e. The fourth-order valence-electron chi connectivity index (χ4n) is 7.05. The van der Waals surface area contributed by atoms with Crippen molar-refractivity contribution >= 4 is 21.7 Å². The Balaban J connectivity index is 1.27. The number of hydrogen-bond acceptors (Lipinski definition) is 8. The Bertz CT molecular complexity index is 1930. The molecule has 1 unspecified atom stereocenters. The van der Waals surface area contributed by atoms with E-state index < -0.39 is 15.6 Å². The normalized spacial score (nSPS) is 22.9. The monoisotopic (exact) mass is 630 g/mol. The van der Waals surface area contributed by atoms with Crippen LogP contribution in [0.25, 0.3) is 0 Å². The number of piperidine rings is 1. The summed E-state index contributed by atoms with van der Waals surface area (Å²) >= 11 is 0. The summed E-state index contributed by atoms with van der Waals surface area (Å²) in [5, 5.41) is 9.21. The molecule has 10 nitrogen and oxygen atoms in total. The number of sulfonamides is 1. The third kappa shape index (κ3) is 4.78. The molecule has 0 bridgehead atoms. The average Bonchev–Trinajstić information content (AvgIpc) is 3.43. The number of amides is 1. The van der Waals surface area contributed by atoms with E-state index >= 15 is 4.79 Å². The van der Waals surface area contributed by atoms with Crippen LogP contribution in [0.15, 0.2) is 116 Å². The van der Waals surface area contributed by atoms with Gasteiger partial charge in [0.2, 0.25) is 10.0 Å². The van der Waals surface area contributed by atoms with Crippen molar-refractivity contribution < 1.29 is 18.0 Å². The fraction of sp³-hybridized carbons (Fsp3) is 0.229. The summed E-state index contributed by atoms with van der Waals surface area (Å²) in [6.45, 7) is 0.596. The van der Waals surface area contributed by atoms with Gasteiger partial charge in [-0.2, -0.15) is 5.26 Å². The van der Waals surface area contributed by atoms with Crippen molar-refractivity contribution in [1.82, 2.24) is 24.1 Å². The molecule has 2 aromatic carbocycles. The highest BCUT2D eigenvalue weighted by atomic mass is 32.2. The summed E-state index contributed by atoms with van der Waals surface area (Å²) < 4.78 is 28.2. The van der Waals surface area contributed by atoms with Crippen molar-refractivity contribution in [3.8, 4) is 6.07 Å². The van der Waals surface area contributed by atoms with E-state index in [-0.39, 0.29) is 35.3 Å². The standard InChI is InChI=1S/C35H30N6O4S/c1-39-32(19-31(42)26-9-7-24(20-36)8-10-26)41(34(43)35(39,27-11-15-37-16-12-27)28-13-17-38-18-14-28)33-29-21-40(22-30(29)33)46(44,45)23-25-5-3-2-4-6-25/h2-19,29-30,33H,21-23H2,1H3/t29-,30+,33?. The lowest BCUT2D eigenvalue weighted by Gasteiger charge is -2.35. The van der Waals surface area contributed by atoms with Crippen molar-refractivity contribution in [2.75, 3.05) is 20.1 Å². The smallest absolute Gasteiger partial charge is 0.263 e. The summed E-state index contributed by atoms with van der Waals surface area (Å²) in [7, 11) is -1.76. The first-order valence-electron chi connectivity index (χ1n) is 14.9. The van der Waals surface area contributed by atoms with Crippen molar-refractivity contribution in [1.29, 1.82) is 5.26 Å².